The van der Waals surface area contributed by atoms with E-state index in [9.17, 15) is 4.79 Å². The molecule has 1 aliphatic carbocycles. The Labute approximate surface area is 118 Å². The fourth-order valence-corrected chi connectivity index (χ4v) is 2.86. The summed E-state index contributed by atoms with van der Waals surface area (Å²) in [7, 11) is 0. The predicted octanol–water partition coefficient (Wildman–Crippen LogP) is 3.10. The van der Waals surface area contributed by atoms with Crippen LogP contribution in [-0.4, -0.2) is 25.0 Å². The Balaban J connectivity index is 2.03. The average molecular weight is 268 g/mol. The Kier molecular flexibility index (Phi) is 8.11. The highest BCUT2D eigenvalue weighted by Crippen LogP contribution is 2.27. The zero-order chi connectivity index (χ0) is 14.1. The van der Waals surface area contributed by atoms with Crippen LogP contribution < -0.4 is 10.6 Å². The number of hydrogen-bond donors (Lipinski definition) is 2. The lowest BCUT2D eigenvalue weighted by molar-refractivity contribution is -0.121. The molecular weight excluding hydrogens is 236 g/mol. The molecule has 0 atom stereocenters. The molecule has 0 aliphatic heterocycles. The summed E-state index contributed by atoms with van der Waals surface area (Å²) in [4.78, 5) is 11.6. The van der Waals surface area contributed by atoms with Gasteiger partial charge < -0.3 is 10.6 Å². The largest absolute Gasteiger partial charge is 0.356 e. The third-order valence-electron chi connectivity index (χ3n) is 4.04. The first kappa shape index (κ1) is 16.5. The molecular formula is C16H32N2O. The van der Waals surface area contributed by atoms with Crippen molar-refractivity contribution in [1.82, 2.24) is 10.6 Å². The van der Waals surface area contributed by atoms with Crippen molar-refractivity contribution in [3.05, 3.63) is 0 Å². The second-order valence-electron chi connectivity index (χ2n) is 6.41. The Hall–Kier alpha value is -0.570. The minimum absolute atomic E-state index is 0.181. The van der Waals surface area contributed by atoms with Crippen LogP contribution in [0.25, 0.3) is 0 Å². The number of hydrogen-bond acceptors (Lipinski definition) is 2. The monoisotopic (exact) mass is 268 g/mol. The summed E-state index contributed by atoms with van der Waals surface area (Å²) in [6, 6.07) is 0.644. The zero-order valence-corrected chi connectivity index (χ0v) is 13.0. The second-order valence-corrected chi connectivity index (χ2v) is 6.41. The van der Waals surface area contributed by atoms with E-state index in [0.29, 0.717) is 18.4 Å². The fourth-order valence-electron chi connectivity index (χ4n) is 2.86. The molecule has 0 unspecified atom stereocenters. The summed E-state index contributed by atoms with van der Waals surface area (Å²) in [6.45, 7) is 8.13. The molecule has 3 nitrogen and oxygen atoms in total. The molecule has 0 saturated heterocycles. The van der Waals surface area contributed by atoms with Gasteiger partial charge in [0.15, 0.2) is 0 Å². The summed E-state index contributed by atoms with van der Waals surface area (Å²) in [5.41, 5.74) is 0. The molecule has 0 aromatic heterocycles. The maximum Gasteiger partial charge on any atom is 0.221 e. The van der Waals surface area contributed by atoms with Crippen LogP contribution in [0.1, 0.15) is 65.7 Å². The Morgan fingerprint density at radius 2 is 1.89 bits per heavy atom. The first-order valence-corrected chi connectivity index (χ1v) is 8.11. The van der Waals surface area contributed by atoms with Crippen LogP contribution in [0.15, 0.2) is 0 Å². The van der Waals surface area contributed by atoms with Gasteiger partial charge in [-0.05, 0) is 37.5 Å². The molecule has 0 aromatic rings. The van der Waals surface area contributed by atoms with Gasteiger partial charge in [0.1, 0.15) is 0 Å². The zero-order valence-electron chi connectivity index (χ0n) is 13.0. The molecule has 19 heavy (non-hydrogen) atoms. The van der Waals surface area contributed by atoms with Gasteiger partial charge in [0.25, 0.3) is 0 Å². The molecule has 0 bridgehead atoms. The highest BCUT2D eigenvalue weighted by Gasteiger charge is 2.19. The van der Waals surface area contributed by atoms with E-state index in [0.717, 1.165) is 19.0 Å². The lowest BCUT2D eigenvalue weighted by Gasteiger charge is -2.29. The quantitative estimate of drug-likeness (QED) is 0.710. The maximum atomic E-state index is 11.6. The standard InChI is InChI=1S/C16H32N2O/c1-4-5-14-6-8-15(9-7-14)17-11-10-16(19)18-12-13(2)3/h13-15,17H,4-12H2,1-3H3,(H,18,19). The SMILES string of the molecule is CCCC1CCC(NCCC(=O)NCC(C)C)CC1. The number of carbonyl (C=O) groups excluding carboxylic acids is 1. The van der Waals surface area contributed by atoms with Gasteiger partial charge in [-0.1, -0.05) is 33.6 Å². The molecule has 0 heterocycles. The van der Waals surface area contributed by atoms with Crippen LogP contribution in [-0.2, 0) is 4.79 Å². The van der Waals surface area contributed by atoms with E-state index in [4.69, 9.17) is 0 Å². The Morgan fingerprint density at radius 1 is 1.21 bits per heavy atom. The average Bonchev–Trinajstić information content (AvgIpc) is 2.39. The number of carbonyl (C=O) groups is 1. The van der Waals surface area contributed by atoms with E-state index in [1.54, 1.807) is 0 Å². The minimum Gasteiger partial charge on any atom is -0.356 e. The van der Waals surface area contributed by atoms with Gasteiger partial charge >= 0.3 is 0 Å². The van der Waals surface area contributed by atoms with E-state index < -0.39 is 0 Å². The molecule has 2 N–H and O–H groups in total. The third-order valence-corrected chi connectivity index (χ3v) is 4.04. The van der Waals surface area contributed by atoms with Crippen molar-refractivity contribution in [1.29, 1.82) is 0 Å². The highest BCUT2D eigenvalue weighted by atomic mass is 16.1. The summed E-state index contributed by atoms with van der Waals surface area (Å²) < 4.78 is 0. The Morgan fingerprint density at radius 3 is 2.47 bits per heavy atom. The van der Waals surface area contributed by atoms with Crippen molar-refractivity contribution >= 4 is 5.91 Å². The van der Waals surface area contributed by atoms with Gasteiger partial charge in [-0.15, -0.1) is 0 Å². The predicted molar refractivity (Wildman–Crippen MR) is 81.1 cm³/mol. The van der Waals surface area contributed by atoms with Crippen LogP contribution in [0.3, 0.4) is 0 Å². The molecule has 112 valence electrons. The van der Waals surface area contributed by atoms with Crippen molar-refractivity contribution in [2.24, 2.45) is 11.8 Å². The summed E-state index contributed by atoms with van der Waals surface area (Å²) in [6.07, 6.45) is 8.64. The van der Waals surface area contributed by atoms with Gasteiger partial charge in [0.05, 0.1) is 0 Å². The topological polar surface area (TPSA) is 41.1 Å². The lowest BCUT2D eigenvalue weighted by Crippen LogP contribution is -2.36. The number of rotatable bonds is 8. The molecule has 3 heteroatoms. The number of nitrogens with one attached hydrogen (secondary N) is 2. The fraction of sp³-hybridized carbons (Fsp3) is 0.938. The summed E-state index contributed by atoms with van der Waals surface area (Å²) in [5, 5.41) is 6.51. The van der Waals surface area contributed by atoms with Gasteiger partial charge in [-0.2, -0.15) is 0 Å². The third kappa shape index (κ3) is 7.56. The van der Waals surface area contributed by atoms with Gasteiger partial charge in [0.2, 0.25) is 5.91 Å². The lowest BCUT2D eigenvalue weighted by atomic mass is 9.83. The highest BCUT2D eigenvalue weighted by molar-refractivity contribution is 5.76. The molecule has 1 amide bonds. The smallest absolute Gasteiger partial charge is 0.221 e. The van der Waals surface area contributed by atoms with Crippen molar-refractivity contribution in [2.75, 3.05) is 13.1 Å². The Bertz CT molecular complexity index is 245. The van der Waals surface area contributed by atoms with Gasteiger partial charge in [-0.25, -0.2) is 0 Å². The van der Waals surface area contributed by atoms with E-state index >= 15 is 0 Å². The molecule has 1 saturated carbocycles. The first-order valence-electron chi connectivity index (χ1n) is 8.11. The molecule has 1 rings (SSSR count). The van der Waals surface area contributed by atoms with Crippen molar-refractivity contribution in [2.45, 2.75) is 71.8 Å². The van der Waals surface area contributed by atoms with Gasteiger partial charge in [0, 0.05) is 25.6 Å². The normalized spacial score (nSPS) is 23.6. The summed E-state index contributed by atoms with van der Waals surface area (Å²) in [5.74, 6) is 1.67. The van der Waals surface area contributed by atoms with Crippen LogP contribution >= 0.6 is 0 Å². The van der Waals surface area contributed by atoms with E-state index in [-0.39, 0.29) is 5.91 Å². The maximum absolute atomic E-state index is 11.6. The van der Waals surface area contributed by atoms with Gasteiger partial charge in [-0.3, -0.25) is 4.79 Å². The molecule has 0 aromatic carbocycles. The van der Waals surface area contributed by atoms with E-state index in [1.807, 2.05) is 0 Å². The van der Waals surface area contributed by atoms with Crippen molar-refractivity contribution in [3.63, 3.8) is 0 Å². The molecule has 0 radical (unpaired) electrons. The van der Waals surface area contributed by atoms with Crippen molar-refractivity contribution < 1.29 is 4.79 Å². The van der Waals surface area contributed by atoms with Crippen LogP contribution in [0.4, 0.5) is 0 Å². The molecule has 0 spiro atoms. The first-order chi connectivity index (χ1) is 9.11. The second kappa shape index (κ2) is 9.35. The summed E-state index contributed by atoms with van der Waals surface area (Å²) >= 11 is 0. The van der Waals surface area contributed by atoms with Crippen LogP contribution in [0, 0.1) is 11.8 Å². The van der Waals surface area contributed by atoms with E-state index in [1.165, 1.54) is 38.5 Å². The van der Waals surface area contributed by atoms with Crippen molar-refractivity contribution in [3.8, 4) is 0 Å². The molecule has 1 aliphatic rings. The number of amides is 1. The van der Waals surface area contributed by atoms with Crippen LogP contribution in [0.5, 0.6) is 0 Å². The van der Waals surface area contributed by atoms with E-state index in [2.05, 4.69) is 31.4 Å². The molecule has 1 fully saturated rings. The minimum atomic E-state index is 0.181. The van der Waals surface area contributed by atoms with Crippen LogP contribution in [0.2, 0.25) is 0 Å².